The SMILES string of the molecule is CCCn1c(C(C)N(CC(C)C)C(=O)C(Cl)Cl)nc2ccccc2c1=O. The standard InChI is InChI=1S/C19H25Cl2N3O2/c1-5-10-23-17(22-15-9-7-6-8-14(15)18(23)25)13(4)24(11-12(2)3)19(26)16(20)21/h6-9,12-13,16H,5,10-11H2,1-4H3. The molecule has 0 aliphatic carbocycles. The normalized spacial score (nSPS) is 12.8. The summed E-state index contributed by atoms with van der Waals surface area (Å²) in [7, 11) is 0. The molecule has 0 fully saturated rings. The number of rotatable bonds is 7. The molecule has 142 valence electrons. The molecular weight excluding hydrogens is 373 g/mol. The van der Waals surface area contributed by atoms with Crippen LogP contribution in [0.3, 0.4) is 0 Å². The maximum atomic E-state index is 13.0. The Bertz CT molecular complexity index is 833. The van der Waals surface area contributed by atoms with Crippen LogP contribution < -0.4 is 5.56 Å². The van der Waals surface area contributed by atoms with Crippen molar-refractivity contribution in [3.63, 3.8) is 0 Å². The molecule has 0 saturated heterocycles. The van der Waals surface area contributed by atoms with Crippen molar-refractivity contribution in [3.8, 4) is 0 Å². The van der Waals surface area contributed by atoms with Crippen LogP contribution in [-0.2, 0) is 11.3 Å². The second-order valence-corrected chi connectivity index (χ2v) is 7.90. The predicted molar refractivity (Wildman–Crippen MR) is 107 cm³/mol. The predicted octanol–water partition coefficient (Wildman–Crippen LogP) is 4.16. The summed E-state index contributed by atoms with van der Waals surface area (Å²) in [6.45, 7) is 8.89. The van der Waals surface area contributed by atoms with Gasteiger partial charge in [0, 0.05) is 13.1 Å². The quantitative estimate of drug-likeness (QED) is 0.659. The maximum Gasteiger partial charge on any atom is 0.261 e. The van der Waals surface area contributed by atoms with E-state index >= 15 is 0 Å². The monoisotopic (exact) mass is 397 g/mol. The first kappa shape index (κ1) is 20.7. The topological polar surface area (TPSA) is 55.2 Å². The fraction of sp³-hybridized carbons (Fsp3) is 0.526. The molecule has 0 aliphatic heterocycles. The smallest absolute Gasteiger partial charge is 0.261 e. The number of carbonyl (C=O) groups is 1. The number of benzene rings is 1. The summed E-state index contributed by atoms with van der Waals surface area (Å²) in [4.78, 5) is 30.7. The first-order valence-corrected chi connectivity index (χ1v) is 9.73. The highest BCUT2D eigenvalue weighted by Gasteiger charge is 2.29. The Kier molecular flexibility index (Phi) is 7.07. The minimum Gasteiger partial charge on any atom is -0.330 e. The molecule has 1 heterocycles. The fourth-order valence-electron chi connectivity index (χ4n) is 3.04. The van der Waals surface area contributed by atoms with Crippen LogP contribution in [-0.4, -0.2) is 31.7 Å². The van der Waals surface area contributed by atoms with Gasteiger partial charge in [0.05, 0.1) is 16.9 Å². The molecule has 7 heteroatoms. The van der Waals surface area contributed by atoms with Gasteiger partial charge in [-0.05, 0) is 31.4 Å². The van der Waals surface area contributed by atoms with E-state index in [9.17, 15) is 9.59 Å². The second-order valence-electron chi connectivity index (χ2n) is 6.81. The van der Waals surface area contributed by atoms with E-state index in [1.165, 1.54) is 0 Å². The van der Waals surface area contributed by atoms with Gasteiger partial charge >= 0.3 is 0 Å². The largest absolute Gasteiger partial charge is 0.330 e. The van der Waals surface area contributed by atoms with Gasteiger partial charge in [0.15, 0.2) is 4.84 Å². The van der Waals surface area contributed by atoms with Crippen molar-refractivity contribution in [1.29, 1.82) is 0 Å². The maximum absolute atomic E-state index is 13.0. The molecule has 5 nitrogen and oxygen atoms in total. The molecule has 1 amide bonds. The van der Waals surface area contributed by atoms with Crippen LogP contribution in [0.15, 0.2) is 29.1 Å². The number of halogens is 2. The zero-order valence-corrected chi connectivity index (χ0v) is 17.1. The van der Waals surface area contributed by atoms with E-state index < -0.39 is 10.9 Å². The molecule has 2 aromatic rings. The lowest BCUT2D eigenvalue weighted by Crippen LogP contribution is -2.42. The van der Waals surface area contributed by atoms with E-state index in [-0.39, 0.29) is 17.4 Å². The van der Waals surface area contributed by atoms with E-state index in [4.69, 9.17) is 28.2 Å². The van der Waals surface area contributed by atoms with Crippen molar-refractivity contribution in [2.75, 3.05) is 6.54 Å². The molecule has 1 aromatic heterocycles. The number of para-hydroxylation sites is 1. The molecule has 26 heavy (non-hydrogen) atoms. The third kappa shape index (κ3) is 4.38. The summed E-state index contributed by atoms with van der Waals surface area (Å²) in [6.07, 6.45) is 0.783. The van der Waals surface area contributed by atoms with Crippen molar-refractivity contribution in [2.45, 2.75) is 51.5 Å². The van der Waals surface area contributed by atoms with Crippen LogP contribution in [0.2, 0.25) is 0 Å². The molecule has 2 rings (SSSR count). The van der Waals surface area contributed by atoms with Crippen LogP contribution >= 0.6 is 23.2 Å². The Labute approximate surface area is 163 Å². The number of nitrogens with zero attached hydrogens (tertiary/aromatic N) is 3. The molecule has 0 bridgehead atoms. The Morgan fingerprint density at radius 1 is 1.23 bits per heavy atom. The molecular formula is C19H25Cl2N3O2. The van der Waals surface area contributed by atoms with Gasteiger partial charge in [0.1, 0.15) is 5.82 Å². The van der Waals surface area contributed by atoms with Gasteiger partial charge < -0.3 is 4.90 Å². The number of aromatic nitrogens is 2. The first-order chi connectivity index (χ1) is 12.3. The highest BCUT2D eigenvalue weighted by atomic mass is 35.5. The van der Waals surface area contributed by atoms with E-state index in [0.717, 1.165) is 6.42 Å². The zero-order chi connectivity index (χ0) is 19.4. The summed E-state index contributed by atoms with van der Waals surface area (Å²) >= 11 is 11.7. The Hall–Kier alpha value is -1.59. The Balaban J connectivity index is 2.62. The van der Waals surface area contributed by atoms with E-state index in [1.54, 1.807) is 15.5 Å². The fourth-order valence-corrected chi connectivity index (χ4v) is 3.29. The lowest BCUT2D eigenvalue weighted by Gasteiger charge is -2.32. The van der Waals surface area contributed by atoms with Gasteiger partial charge in [0.2, 0.25) is 0 Å². The lowest BCUT2D eigenvalue weighted by atomic mass is 10.1. The summed E-state index contributed by atoms with van der Waals surface area (Å²) in [5.41, 5.74) is 0.529. The van der Waals surface area contributed by atoms with Gasteiger partial charge in [-0.15, -0.1) is 0 Å². The number of alkyl halides is 2. The molecule has 0 spiro atoms. The van der Waals surface area contributed by atoms with Crippen LogP contribution in [0.25, 0.3) is 10.9 Å². The van der Waals surface area contributed by atoms with Gasteiger partial charge in [0.25, 0.3) is 11.5 Å². The Morgan fingerprint density at radius 2 is 1.88 bits per heavy atom. The molecule has 1 aromatic carbocycles. The van der Waals surface area contributed by atoms with Crippen LogP contribution in [0, 0.1) is 5.92 Å². The van der Waals surface area contributed by atoms with Crippen LogP contribution in [0.5, 0.6) is 0 Å². The van der Waals surface area contributed by atoms with Crippen molar-refractivity contribution >= 4 is 40.0 Å². The van der Waals surface area contributed by atoms with Gasteiger partial charge in [-0.2, -0.15) is 0 Å². The second kappa shape index (κ2) is 8.87. The number of carbonyl (C=O) groups excluding carboxylic acids is 1. The molecule has 0 aliphatic rings. The van der Waals surface area contributed by atoms with E-state index in [2.05, 4.69) is 0 Å². The van der Waals surface area contributed by atoms with Crippen molar-refractivity contribution in [2.24, 2.45) is 5.92 Å². The number of hydrogen-bond acceptors (Lipinski definition) is 3. The lowest BCUT2D eigenvalue weighted by molar-refractivity contribution is -0.132. The van der Waals surface area contributed by atoms with E-state index in [0.29, 0.717) is 29.8 Å². The molecule has 1 atom stereocenters. The van der Waals surface area contributed by atoms with Gasteiger partial charge in [-0.25, -0.2) is 4.98 Å². The summed E-state index contributed by atoms with van der Waals surface area (Å²) < 4.78 is 1.66. The van der Waals surface area contributed by atoms with Crippen molar-refractivity contribution in [3.05, 3.63) is 40.4 Å². The highest BCUT2D eigenvalue weighted by molar-refractivity contribution is 6.53. The van der Waals surface area contributed by atoms with Gasteiger partial charge in [-0.3, -0.25) is 14.2 Å². The van der Waals surface area contributed by atoms with E-state index in [1.807, 2.05) is 45.9 Å². The summed E-state index contributed by atoms with van der Waals surface area (Å²) in [5, 5.41) is 0.575. The number of fused-ring (bicyclic) bond motifs is 1. The average molecular weight is 398 g/mol. The minimum absolute atomic E-state index is 0.0930. The third-order valence-corrected chi connectivity index (χ3v) is 4.58. The van der Waals surface area contributed by atoms with Crippen molar-refractivity contribution < 1.29 is 4.79 Å². The summed E-state index contributed by atoms with van der Waals surface area (Å²) in [5.74, 6) is 0.402. The number of amides is 1. The molecule has 0 N–H and O–H groups in total. The third-order valence-electron chi connectivity index (χ3n) is 4.21. The number of hydrogen-bond donors (Lipinski definition) is 0. The minimum atomic E-state index is -1.15. The Morgan fingerprint density at radius 3 is 2.46 bits per heavy atom. The van der Waals surface area contributed by atoms with Crippen LogP contribution in [0.1, 0.15) is 46.0 Å². The molecule has 1 unspecified atom stereocenters. The highest BCUT2D eigenvalue weighted by Crippen LogP contribution is 2.24. The first-order valence-electron chi connectivity index (χ1n) is 8.86. The summed E-state index contributed by atoms with van der Waals surface area (Å²) in [6, 6.07) is 6.83. The zero-order valence-electron chi connectivity index (χ0n) is 15.6. The van der Waals surface area contributed by atoms with Gasteiger partial charge in [-0.1, -0.05) is 56.1 Å². The molecule has 0 radical (unpaired) electrons. The molecule has 0 saturated carbocycles. The van der Waals surface area contributed by atoms with Crippen LogP contribution in [0.4, 0.5) is 0 Å². The average Bonchev–Trinajstić information content (AvgIpc) is 2.60. The van der Waals surface area contributed by atoms with Crippen molar-refractivity contribution in [1.82, 2.24) is 14.5 Å².